The normalized spacial score (nSPS) is 23.2. The first kappa shape index (κ1) is 15.2. The molecular formula is C13H25NO4. The minimum Gasteiger partial charge on any atom is -0.444 e. The highest BCUT2D eigenvalue weighted by Gasteiger charge is 2.45. The zero-order valence-electron chi connectivity index (χ0n) is 12.0. The number of hydrogen-bond donors (Lipinski definition) is 1. The molecule has 1 N–H and O–H groups in total. The smallest absolute Gasteiger partial charge is 0.412 e. The topological polar surface area (TPSA) is 59.0 Å². The second-order valence-corrected chi connectivity index (χ2v) is 6.13. The van der Waals surface area contributed by atoms with Gasteiger partial charge in [0.1, 0.15) is 11.3 Å². The van der Waals surface area contributed by atoms with Crippen molar-refractivity contribution in [1.82, 2.24) is 4.90 Å². The van der Waals surface area contributed by atoms with Gasteiger partial charge in [-0.3, -0.25) is 4.90 Å². The monoisotopic (exact) mass is 259 g/mol. The van der Waals surface area contributed by atoms with E-state index in [1.807, 2.05) is 34.6 Å². The van der Waals surface area contributed by atoms with Crippen LogP contribution < -0.4 is 0 Å². The van der Waals surface area contributed by atoms with E-state index in [1.165, 1.54) is 0 Å². The molecule has 1 amide bonds. The molecule has 1 rings (SSSR count). The number of hydrogen-bond acceptors (Lipinski definition) is 4. The zero-order chi connectivity index (χ0) is 14.0. The highest BCUT2D eigenvalue weighted by atomic mass is 16.6. The van der Waals surface area contributed by atoms with Crippen LogP contribution >= 0.6 is 0 Å². The van der Waals surface area contributed by atoms with Crippen molar-refractivity contribution >= 4 is 6.09 Å². The summed E-state index contributed by atoms with van der Waals surface area (Å²) in [6.07, 6.45) is 1.02. The predicted molar refractivity (Wildman–Crippen MR) is 68.2 cm³/mol. The fourth-order valence-corrected chi connectivity index (χ4v) is 2.10. The number of rotatable bonds is 3. The third-order valence-electron chi connectivity index (χ3n) is 2.86. The lowest BCUT2D eigenvalue weighted by Gasteiger charge is -2.35. The van der Waals surface area contributed by atoms with Gasteiger partial charge >= 0.3 is 6.09 Å². The molecule has 1 atom stereocenters. The molecule has 0 spiro atoms. The highest BCUT2D eigenvalue weighted by Crippen LogP contribution is 2.31. The summed E-state index contributed by atoms with van der Waals surface area (Å²) >= 11 is 0. The van der Waals surface area contributed by atoms with Crippen LogP contribution in [0, 0.1) is 0 Å². The van der Waals surface area contributed by atoms with Gasteiger partial charge in [-0.15, -0.1) is 0 Å². The number of carbonyl (C=O) groups excluding carboxylic acids is 1. The summed E-state index contributed by atoms with van der Waals surface area (Å²) in [7, 11) is 0. The van der Waals surface area contributed by atoms with E-state index in [-0.39, 0.29) is 18.7 Å². The van der Waals surface area contributed by atoms with Crippen LogP contribution in [0.4, 0.5) is 4.79 Å². The molecule has 1 fully saturated rings. The predicted octanol–water partition coefficient (Wildman–Crippen LogP) is 2.13. The average molecular weight is 259 g/mol. The van der Waals surface area contributed by atoms with Crippen molar-refractivity contribution in [2.24, 2.45) is 0 Å². The molecule has 0 aromatic rings. The van der Waals surface area contributed by atoms with Gasteiger partial charge in [0.15, 0.2) is 0 Å². The number of aliphatic hydroxyl groups excluding tert-OH is 1. The summed E-state index contributed by atoms with van der Waals surface area (Å²) in [4.78, 5) is 13.9. The van der Waals surface area contributed by atoms with Crippen molar-refractivity contribution in [3.8, 4) is 0 Å². The van der Waals surface area contributed by atoms with Crippen molar-refractivity contribution in [1.29, 1.82) is 0 Å². The van der Waals surface area contributed by atoms with Crippen molar-refractivity contribution in [2.45, 2.75) is 64.8 Å². The zero-order valence-corrected chi connectivity index (χ0v) is 12.0. The van der Waals surface area contributed by atoms with Crippen molar-refractivity contribution in [2.75, 3.05) is 13.2 Å². The van der Waals surface area contributed by atoms with E-state index in [9.17, 15) is 4.79 Å². The molecule has 0 aliphatic carbocycles. The third kappa shape index (κ3) is 3.85. The number of amides is 1. The van der Waals surface area contributed by atoms with E-state index in [1.54, 1.807) is 4.90 Å². The van der Waals surface area contributed by atoms with Crippen LogP contribution in [-0.2, 0) is 9.47 Å². The second kappa shape index (κ2) is 5.45. The Bertz CT molecular complexity index is 296. The van der Waals surface area contributed by atoms with E-state index in [0.29, 0.717) is 13.0 Å². The summed E-state index contributed by atoms with van der Waals surface area (Å²) in [5.41, 5.74) is -1.17. The number of aliphatic hydroxyl groups is 1. The first-order valence-electron chi connectivity index (χ1n) is 6.44. The summed E-state index contributed by atoms with van der Waals surface area (Å²) in [6.45, 7) is 9.86. The molecule has 1 aliphatic rings. The quantitative estimate of drug-likeness (QED) is 0.843. The third-order valence-corrected chi connectivity index (χ3v) is 2.86. The summed E-state index contributed by atoms with van der Waals surface area (Å²) in [5, 5.41) is 8.89. The molecule has 1 saturated heterocycles. The maximum atomic E-state index is 12.2. The molecule has 1 unspecified atom stereocenters. The Hall–Kier alpha value is -0.810. The molecule has 0 bridgehead atoms. The van der Waals surface area contributed by atoms with Crippen LogP contribution in [-0.4, -0.2) is 46.7 Å². The van der Waals surface area contributed by atoms with Crippen molar-refractivity contribution in [3.05, 3.63) is 0 Å². The lowest BCUT2D eigenvalue weighted by Crippen LogP contribution is -2.49. The van der Waals surface area contributed by atoms with Gasteiger partial charge < -0.3 is 14.6 Å². The Morgan fingerprint density at radius 3 is 2.61 bits per heavy atom. The van der Waals surface area contributed by atoms with Crippen LogP contribution in [0.3, 0.4) is 0 Å². The van der Waals surface area contributed by atoms with Crippen molar-refractivity contribution in [3.63, 3.8) is 0 Å². The minimum absolute atomic E-state index is 0.0259. The number of ether oxygens (including phenoxy) is 2. The van der Waals surface area contributed by atoms with Crippen molar-refractivity contribution < 1.29 is 19.4 Å². The SMILES string of the molecule is CC(C)(C)OC(=O)N1C(CCCO)COC1(C)C. The van der Waals surface area contributed by atoms with Crippen LogP contribution in [0.5, 0.6) is 0 Å². The molecule has 1 heterocycles. The summed E-state index contributed by atoms with van der Waals surface area (Å²) < 4.78 is 11.1. The molecule has 0 aromatic heterocycles. The largest absolute Gasteiger partial charge is 0.444 e. The Kier molecular flexibility index (Phi) is 4.61. The lowest BCUT2D eigenvalue weighted by atomic mass is 10.1. The number of nitrogens with zero attached hydrogens (tertiary/aromatic N) is 1. The minimum atomic E-state index is -0.650. The molecule has 18 heavy (non-hydrogen) atoms. The average Bonchev–Trinajstić information content (AvgIpc) is 2.48. The summed E-state index contributed by atoms with van der Waals surface area (Å²) in [5.74, 6) is 0. The van der Waals surface area contributed by atoms with Gasteiger partial charge in [-0.05, 0) is 47.5 Å². The Morgan fingerprint density at radius 1 is 1.50 bits per heavy atom. The van der Waals surface area contributed by atoms with Gasteiger partial charge in [0.2, 0.25) is 0 Å². The van der Waals surface area contributed by atoms with Gasteiger partial charge in [0.05, 0.1) is 12.6 Å². The Balaban J connectivity index is 2.75. The van der Waals surface area contributed by atoms with Crippen LogP contribution in [0.25, 0.3) is 0 Å². The van der Waals surface area contributed by atoms with E-state index >= 15 is 0 Å². The number of carbonyl (C=O) groups is 1. The van der Waals surface area contributed by atoms with Crippen LogP contribution in [0.2, 0.25) is 0 Å². The molecule has 1 aliphatic heterocycles. The van der Waals surface area contributed by atoms with Gasteiger partial charge in [0.25, 0.3) is 0 Å². The van der Waals surface area contributed by atoms with Gasteiger partial charge in [-0.2, -0.15) is 0 Å². The van der Waals surface area contributed by atoms with E-state index in [4.69, 9.17) is 14.6 Å². The fraction of sp³-hybridized carbons (Fsp3) is 0.923. The first-order chi connectivity index (χ1) is 8.17. The van der Waals surface area contributed by atoms with E-state index in [0.717, 1.165) is 6.42 Å². The Morgan fingerprint density at radius 2 is 2.11 bits per heavy atom. The Labute approximate surface area is 109 Å². The standard InChI is InChI=1S/C13H25NO4/c1-12(2,3)18-11(16)14-10(7-6-8-15)9-17-13(14,4)5/h10,15H,6-9H2,1-5H3. The molecule has 5 nitrogen and oxygen atoms in total. The van der Waals surface area contributed by atoms with Crippen LogP contribution in [0.1, 0.15) is 47.5 Å². The van der Waals surface area contributed by atoms with E-state index in [2.05, 4.69) is 0 Å². The first-order valence-corrected chi connectivity index (χ1v) is 6.44. The molecule has 0 aromatic carbocycles. The van der Waals surface area contributed by atoms with Crippen LogP contribution in [0.15, 0.2) is 0 Å². The maximum Gasteiger partial charge on any atom is 0.412 e. The lowest BCUT2D eigenvalue weighted by molar-refractivity contribution is -0.0628. The molecule has 106 valence electrons. The van der Waals surface area contributed by atoms with Gasteiger partial charge in [-0.1, -0.05) is 0 Å². The molecule has 5 heteroatoms. The van der Waals surface area contributed by atoms with E-state index < -0.39 is 11.3 Å². The van der Waals surface area contributed by atoms with Gasteiger partial charge in [0, 0.05) is 6.61 Å². The maximum absolute atomic E-state index is 12.2. The molecule has 0 radical (unpaired) electrons. The fourth-order valence-electron chi connectivity index (χ4n) is 2.10. The molecular weight excluding hydrogens is 234 g/mol. The highest BCUT2D eigenvalue weighted by molar-refractivity contribution is 5.69. The molecule has 0 saturated carbocycles. The van der Waals surface area contributed by atoms with Gasteiger partial charge in [-0.25, -0.2) is 4.79 Å². The summed E-state index contributed by atoms with van der Waals surface area (Å²) in [6, 6.07) is -0.0259. The second-order valence-electron chi connectivity index (χ2n) is 6.13.